The summed E-state index contributed by atoms with van der Waals surface area (Å²) in [5, 5.41) is 3.13. The number of hydrogen-bond acceptors (Lipinski definition) is 2. The van der Waals surface area contributed by atoms with E-state index in [1.807, 2.05) is 25.1 Å². The molecular weight excluding hydrogens is 433 g/mol. The molecule has 5 heteroatoms. The van der Waals surface area contributed by atoms with Gasteiger partial charge in [-0.2, -0.15) is 0 Å². The van der Waals surface area contributed by atoms with Crippen molar-refractivity contribution < 1.29 is 9.53 Å². The maximum atomic E-state index is 12.4. The highest BCUT2D eigenvalue weighted by atomic mass is 127. The van der Waals surface area contributed by atoms with Gasteiger partial charge in [0.2, 0.25) is 0 Å². The Balaban J connectivity index is 2.05. The van der Waals surface area contributed by atoms with E-state index < -0.39 is 0 Å². The molecule has 1 aliphatic rings. The second-order valence-corrected chi connectivity index (χ2v) is 7.75. The lowest BCUT2D eigenvalue weighted by Gasteiger charge is -2.51. The summed E-state index contributed by atoms with van der Waals surface area (Å²) in [6.07, 6.45) is 1.12. The van der Waals surface area contributed by atoms with Crippen LogP contribution >= 0.6 is 38.5 Å². The number of ether oxygens (including phenoxy) is 1. The molecule has 3 nitrogen and oxygen atoms in total. The van der Waals surface area contributed by atoms with E-state index in [0.29, 0.717) is 5.56 Å². The summed E-state index contributed by atoms with van der Waals surface area (Å²) in [4.78, 5) is 12.4. The van der Waals surface area contributed by atoms with Gasteiger partial charge in [-0.25, -0.2) is 0 Å². The van der Waals surface area contributed by atoms with E-state index in [0.717, 1.165) is 21.1 Å². The number of hydrogen-bond donors (Lipinski definition) is 1. The van der Waals surface area contributed by atoms with Gasteiger partial charge in [-0.1, -0.05) is 13.8 Å². The Labute approximate surface area is 142 Å². The van der Waals surface area contributed by atoms with Crippen LogP contribution in [0.25, 0.3) is 0 Å². The van der Waals surface area contributed by atoms with Crippen molar-refractivity contribution >= 4 is 44.4 Å². The predicted octanol–water partition coefficient (Wildman–Crippen LogP) is 3.99. The molecule has 20 heavy (non-hydrogen) atoms. The summed E-state index contributed by atoms with van der Waals surface area (Å²) in [6.45, 7) is 7.01. The van der Waals surface area contributed by atoms with Crippen molar-refractivity contribution in [1.82, 2.24) is 5.32 Å². The van der Waals surface area contributed by atoms with Gasteiger partial charge in [0.25, 0.3) is 5.91 Å². The molecule has 0 aliphatic heterocycles. The Morgan fingerprint density at radius 3 is 2.85 bits per heavy atom. The normalized spacial score (nSPS) is 24.1. The van der Waals surface area contributed by atoms with Gasteiger partial charge in [0.05, 0.1) is 11.7 Å². The van der Waals surface area contributed by atoms with Crippen LogP contribution in [-0.2, 0) is 4.74 Å². The van der Waals surface area contributed by atoms with Crippen molar-refractivity contribution in [2.75, 3.05) is 6.61 Å². The lowest BCUT2D eigenvalue weighted by molar-refractivity contribution is -0.111. The Kier molecular flexibility index (Phi) is 5.13. The molecule has 2 atom stereocenters. The smallest absolute Gasteiger partial charge is 0.252 e. The first kappa shape index (κ1) is 16.2. The molecule has 1 aliphatic carbocycles. The minimum absolute atomic E-state index is 0.0138. The van der Waals surface area contributed by atoms with E-state index in [4.69, 9.17) is 4.74 Å². The van der Waals surface area contributed by atoms with E-state index in [9.17, 15) is 4.79 Å². The highest BCUT2D eigenvalue weighted by molar-refractivity contribution is 14.1. The van der Waals surface area contributed by atoms with Crippen molar-refractivity contribution in [1.29, 1.82) is 0 Å². The number of halogens is 2. The Morgan fingerprint density at radius 1 is 1.55 bits per heavy atom. The molecule has 0 saturated heterocycles. The summed E-state index contributed by atoms with van der Waals surface area (Å²) in [7, 11) is 0. The maximum Gasteiger partial charge on any atom is 0.252 e. The van der Waals surface area contributed by atoms with Crippen LogP contribution in [0.4, 0.5) is 0 Å². The minimum Gasteiger partial charge on any atom is -0.378 e. The molecule has 1 aromatic rings. The zero-order valence-electron chi connectivity index (χ0n) is 11.9. The van der Waals surface area contributed by atoms with Gasteiger partial charge in [-0.3, -0.25) is 4.79 Å². The summed E-state index contributed by atoms with van der Waals surface area (Å²) in [6, 6.07) is 5.94. The van der Waals surface area contributed by atoms with E-state index in [1.54, 1.807) is 0 Å². The summed E-state index contributed by atoms with van der Waals surface area (Å²) in [5.41, 5.74) is 0.674. The largest absolute Gasteiger partial charge is 0.378 e. The van der Waals surface area contributed by atoms with Gasteiger partial charge < -0.3 is 10.1 Å². The van der Waals surface area contributed by atoms with Gasteiger partial charge in [0.1, 0.15) is 0 Å². The molecule has 0 radical (unpaired) electrons. The number of carbonyl (C=O) groups is 1. The number of rotatable bonds is 4. The van der Waals surface area contributed by atoms with Gasteiger partial charge in [-0.05, 0) is 70.1 Å². The Hall–Kier alpha value is -0.140. The third-order valence-corrected chi connectivity index (χ3v) is 5.39. The molecule has 0 spiro atoms. The van der Waals surface area contributed by atoms with Crippen LogP contribution in [-0.4, -0.2) is 24.7 Å². The molecule has 0 aromatic heterocycles. The van der Waals surface area contributed by atoms with Gasteiger partial charge in [0, 0.05) is 26.1 Å². The van der Waals surface area contributed by atoms with Crippen LogP contribution in [0.2, 0.25) is 0 Å². The zero-order valence-corrected chi connectivity index (χ0v) is 15.6. The van der Waals surface area contributed by atoms with Crippen molar-refractivity contribution in [3.63, 3.8) is 0 Å². The van der Waals surface area contributed by atoms with Crippen LogP contribution in [0.5, 0.6) is 0 Å². The van der Waals surface area contributed by atoms with E-state index >= 15 is 0 Å². The second-order valence-electron chi connectivity index (χ2n) is 5.65. The van der Waals surface area contributed by atoms with Crippen LogP contribution in [0.15, 0.2) is 22.7 Å². The monoisotopic (exact) mass is 451 g/mol. The van der Waals surface area contributed by atoms with Crippen LogP contribution in [0, 0.1) is 8.99 Å². The van der Waals surface area contributed by atoms with E-state index in [2.05, 4.69) is 57.7 Å². The number of amides is 1. The Bertz CT molecular complexity index is 519. The average Bonchev–Trinajstić information content (AvgIpc) is 2.40. The lowest BCUT2D eigenvalue weighted by atomic mass is 9.64. The van der Waals surface area contributed by atoms with Crippen molar-refractivity contribution in [2.45, 2.75) is 39.3 Å². The van der Waals surface area contributed by atoms with E-state index in [1.165, 1.54) is 0 Å². The third-order valence-electron chi connectivity index (χ3n) is 4.02. The first-order valence-electron chi connectivity index (χ1n) is 6.73. The average molecular weight is 452 g/mol. The maximum absolute atomic E-state index is 12.4. The van der Waals surface area contributed by atoms with E-state index in [-0.39, 0.29) is 23.5 Å². The molecule has 2 unspecified atom stereocenters. The van der Waals surface area contributed by atoms with Crippen molar-refractivity contribution in [3.05, 3.63) is 31.8 Å². The van der Waals surface area contributed by atoms with Gasteiger partial charge in [0.15, 0.2) is 0 Å². The fraction of sp³-hybridized carbons (Fsp3) is 0.533. The van der Waals surface area contributed by atoms with Crippen molar-refractivity contribution in [3.8, 4) is 0 Å². The fourth-order valence-electron chi connectivity index (χ4n) is 2.52. The molecule has 0 bridgehead atoms. The molecule has 0 heterocycles. The number of benzene rings is 1. The quantitative estimate of drug-likeness (QED) is 0.703. The van der Waals surface area contributed by atoms with Gasteiger partial charge in [-0.15, -0.1) is 0 Å². The topological polar surface area (TPSA) is 38.3 Å². The second kappa shape index (κ2) is 6.32. The SMILES string of the molecule is CCOC1CC(NC(=O)c2cc(I)ccc2Br)C1(C)C. The molecule has 1 fully saturated rings. The molecule has 1 saturated carbocycles. The van der Waals surface area contributed by atoms with Crippen LogP contribution in [0.3, 0.4) is 0 Å². The van der Waals surface area contributed by atoms with Crippen molar-refractivity contribution in [2.24, 2.45) is 5.41 Å². The molecule has 1 aromatic carbocycles. The standard InChI is InChI=1S/C15H19BrINO2/c1-4-20-13-8-12(15(13,2)3)18-14(19)10-7-9(17)5-6-11(10)16/h5-7,12-13H,4,8H2,1-3H3,(H,18,19). The Morgan fingerprint density at radius 2 is 2.25 bits per heavy atom. The minimum atomic E-state index is -0.0246. The van der Waals surface area contributed by atoms with Crippen LogP contribution in [0.1, 0.15) is 37.6 Å². The summed E-state index contributed by atoms with van der Waals surface area (Å²) in [5.74, 6) is -0.0246. The number of nitrogens with one attached hydrogen (secondary N) is 1. The number of carbonyl (C=O) groups excluding carboxylic acids is 1. The fourth-order valence-corrected chi connectivity index (χ4v) is 3.44. The third kappa shape index (κ3) is 3.20. The zero-order chi connectivity index (χ0) is 14.9. The summed E-state index contributed by atoms with van der Waals surface area (Å²) >= 11 is 5.65. The molecule has 1 amide bonds. The molecule has 2 rings (SSSR count). The van der Waals surface area contributed by atoms with Gasteiger partial charge >= 0.3 is 0 Å². The molecular formula is C15H19BrINO2. The highest BCUT2D eigenvalue weighted by Crippen LogP contribution is 2.42. The lowest BCUT2D eigenvalue weighted by Crippen LogP contribution is -2.62. The predicted molar refractivity (Wildman–Crippen MR) is 91.9 cm³/mol. The first-order valence-corrected chi connectivity index (χ1v) is 8.61. The molecule has 1 N–H and O–H groups in total. The summed E-state index contributed by atoms with van der Waals surface area (Å²) < 4.78 is 7.57. The van der Waals surface area contributed by atoms with Crippen LogP contribution < -0.4 is 5.32 Å². The molecule has 110 valence electrons. The highest BCUT2D eigenvalue weighted by Gasteiger charge is 2.49. The first-order chi connectivity index (χ1) is 9.36.